The van der Waals surface area contributed by atoms with Crippen LogP contribution in [0.2, 0.25) is 0 Å². The molecule has 20 heavy (non-hydrogen) atoms. The van der Waals surface area contributed by atoms with Gasteiger partial charge in [0.05, 0.1) is 12.1 Å². The van der Waals surface area contributed by atoms with Gasteiger partial charge in [-0.05, 0) is 26.6 Å². The van der Waals surface area contributed by atoms with Crippen LogP contribution in [0.1, 0.15) is 19.8 Å². The first-order chi connectivity index (χ1) is 9.56. The number of carbonyl (C=O) groups excluding carboxylic acids is 1. The Bertz CT molecular complexity index is 517. The van der Waals surface area contributed by atoms with Crippen LogP contribution in [0.3, 0.4) is 0 Å². The number of fused-ring (bicyclic) bond motifs is 1. The first-order valence-electron chi connectivity index (χ1n) is 7.31. The van der Waals surface area contributed by atoms with Crippen molar-refractivity contribution in [1.29, 1.82) is 0 Å². The second kappa shape index (κ2) is 5.09. The lowest BCUT2D eigenvalue weighted by Gasteiger charge is -2.31. The van der Waals surface area contributed by atoms with Crippen LogP contribution in [-0.4, -0.2) is 49.0 Å². The van der Waals surface area contributed by atoms with E-state index in [0.717, 1.165) is 36.5 Å². The van der Waals surface area contributed by atoms with Gasteiger partial charge in [0.15, 0.2) is 5.76 Å². The van der Waals surface area contributed by atoms with Crippen LogP contribution < -0.4 is 0 Å². The SMILES string of the molecule is CC1C=CC(N2CCC(N(C)C)C2)=C2OC(=O)CC=C21. The van der Waals surface area contributed by atoms with Gasteiger partial charge in [-0.3, -0.25) is 4.79 Å². The molecule has 1 fully saturated rings. The Morgan fingerprint density at radius 3 is 2.90 bits per heavy atom. The van der Waals surface area contributed by atoms with Crippen LogP contribution in [-0.2, 0) is 9.53 Å². The van der Waals surface area contributed by atoms with Gasteiger partial charge in [0.2, 0.25) is 0 Å². The second-order valence-electron chi connectivity index (χ2n) is 6.05. The molecule has 108 valence electrons. The van der Waals surface area contributed by atoms with Gasteiger partial charge in [-0.25, -0.2) is 0 Å². The van der Waals surface area contributed by atoms with Gasteiger partial charge in [-0.15, -0.1) is 0 Å². The van der Waals surface area contributed by atoms with Crippen LogP contribution in [0.15, 0.2) is 35.3 Å². The first-order valence-corrected chi connectivity index (χ1v) is 7.31. The molecule has 0 radical (unpaired) electrons. The molecule has 0 aromatic heterocycles. The van der Waals surface area contributed by atoms with E-state index >= 15 is 0 Å². The third-order valence-electron chi connectivity index (χ3n) is 4.47. The number of nitrogens with zero attached hydrogens (tertiary/aromatic N) is 2. The predicted octanol–water partition coefficient (Wildman–Crippen LogP) is 1.91. The average molecular weight is 274 g/mol. The molecule has 2 aliphatic heterocycles. The fourth-order valence-electron chi connectivity index (χ4n) is 3.14. The van der Waals surface area contributed by atoms with Crippen molar-refractivity contribution >= 4 is 5.97 Å². The summed E-state index contributed by atoms with van der Waals surface area (Å²) in [6.07, 6.45) is 7.89. The van der Waals surface area contributed by atoms with E-state index in [0.29, 0.717) is 18.4 Å². The minimum Gasteiger partial charge on any atom is -0.424 e. The van der Waals surface area contributed by atoms with E-state index in [1.165, 1.54) is 0 Å². The van der Waals surface area contributed by atoms with Crippen molar-refractivity contribution in [3.63, 3.8) is 0 Å². The molecule has 1 aliphatic carbocycles. The number of allylic oxidation sites excluding steroid dienone is 3. The molecule has 0 aromatic carbocycles. The van der Waals surface area contributed by atoms with Crippen LogP contribution in [0, 0.1) is 5.92 Å². The second-order valence-corrected chi connectivity index (χ2v) is 6.05. The van der Waals surface area contributed by atoms with E-state index in [1.807, 2.05) is 6.08 Å². The highest BCUT2D eigenvalue weighted by molar-refractivity contribution is 5.76. The van der Waals surface area contributed by atoms with Gasteiger partial charge in [-0.2, -0.15) is 0 Å². The summed E-state index contributed by atoms with van der Waals surface area (Å²) in [5, 5.41) is 0. The molecule has 2 atom stereocenters. The summed E-state index contributed by atoms with van der Waals surface area (Å²) in [6, 6.07) is 0.572. The molecule has 0 amide bonds. The van der Waals surface area contributed by atoms with E-state index in [-0.39, 0.29) is 5.97 Å². The van der Waals surface area contributed by atoms with Gasteiger partial charge >= 0.3 is 5.97 Å². The number of carbonyl (C=O) groups is 1. The van der Waals surface area contributed by atoms with Crippen molar-refractivity contribution in [1.82, 2.24) is 9.80 Å². The normalized spacial score (nSPS) is 29.7. The number of esters is 1. The monoisotopic (exact) mass is 274 g/mol. The van der Waals surface area contributed by atoms with Crippen LogP contribution in [0.5, 0.6) is 0 Å². The lowest BCUT2D eigenvalue weighted by molar-refractivity contribution is -0.139. The van der Waals surface area contributed by atoms with Crippen LogP contribution in [0.25, 0.3) is 0 Å². The summed E-state index contributed by atoms with van der Waals surface area (Å²) in [5.41, 5.74) is 2.24. The first kappa shape index (κ1) is 13.4. The van der Waals surface area contributed by atoms with E-state index in [2.05, 4.69) is 43.0 Å². The molecule has 2 heterocycles. The van der Waals surface area contributed by atoms with Crippen LogP contribution >= 0.6 is 0 Å². The standard InChI is InChI=1S/C16H22N2O2/c1-11-4-6-14(16-13(11)5-7-15(19)20-16)18-9-8-12(10-18)17(2)3/h4-6,11-12H,7-10H2,1-3H3. The number of hydrogen-bond acceptors (Lipinski definition) is 4. The van der Waals surface area contributed by atoms with Crippen molar-refractivity contribution in [3.8, 4) is 0 Å². The van der Waals surface area contributed by atoms with Gasteiger partial charge in [-0.1, -0.05) is 19.1 Å². The Labute approximate surface area is 120 Å². The van der Waals surface area contributed by atoms with Gasteiger partial charge in [0.25, 0.3) is 0 Å². The predicted molar refractivity (Wildman–Crippen MR) is 77.8 cm³/mol. The maximum atomic E-state index is 11.6. The Kier molecular flexibility index (Phi) is 3.42. The molecule has 0 saturated carbocycles. The van der Waals surface area contributed by atoms with Gasteiger partial charge in [0, 0.05) is 30.6 Å². The molecule has 0 bridgehead atoms. The van der Waals surface area contributed by atoms with Crippen molar-refractivity contribution in [2.45, 2.75) is 25.8 Å². The maximum absolute atomic E-state index is 11.6. The molecule has 4 nitrogen and oxygen atoms in total. The fourth-order valence-corrected chi connectivity index (χ4v) is 3.14. The highest BCUT2D eigenvalue weighted by atomic mass is 16.5. The molecule has 3 rings (SSSR count). The van der Waals surface area contributed by atoms with Crippen molar-refractivity contribution < 1.29 is 9.53 Å². The molecule has 1 saturated heterocycles. The molecular weight excluding hydrogens is 252 g/mol. The van der Waals surface area contributed by atoms with E-state index in [1.54, 1.807) is 0 Å². The Morgan fingerprint density at radius 2 is 2.20 bits per heavy atom. The smallest absolute Gasteiger partial charge is 0.315 e. The molecular formula is C16H22N2O2. The molecule has 0 spiro atoms. The van der Waals surface area contributed by atoms with Gasteiger partial charge < -0.3 is 14.5 Å². The number of likely N-dealkylation sites (tertiary alicyclic amines) is 1. The maximum Gasteiger partial charge on any atom is 0.315 e. The Morgan fingerprint density at radius 1 is 1.40 bits per heavy atom. The number of ether oxygens (including phenoxy) is 1. The third-order valence-corrected chi connectivity index (χ3v) is 4.47. The quantitative estimate of drug-likeness (QED) is 0.720. The van der Waals surface area contributed by atoms with Crippen LogP contribution in [0.4, 0.5) is 0 Å². The zero-order chi connectivity index (χ0) is 14.3. The third kappa shape index (κ3) is 2.29. The molecule has 4 heteroatoms. The minimum absolute atomic E-state index is 0.146. The van der Waals surface area contributed by atoms with Crippen molar-refractivity contribution in [2.24, 2.45) is 5.92 Å². The highest BCUT2D eigenvalue weighted by Crippen LogP contribution is 2.36. The molecule has 0 N–H and O–H groups in total. The zero-order valence-corrected chi connectivity index (χ0v) is 12.4. The summed E-state index contributed by atoms with van der Waals surface area (Å²) >= 11 is 0. The summed E-state index contributed by atoms with van der Waals surface area (Å²) in [6.45, 7) is 4.16. The van der Waals surface area contributed by atoms with Gasteiger partial charge in [0.1, 0.15) is 0 Å². The molecule has 0 aromatic rings. The topological polar surface area (TPSA) is 32.8 Å². The Hall–Kier alpha value is -1.55. The average Bonchev–Trinajstić information content (AvgIpc) is 2.88. The van der Waals surface area contributed by atoms with E-state index in [4.69, 9.17) is 4.74 Å². The highest BCUT2D eigenvalue weighted by Gasteiger charge is 2.32. The van der Waals surface area contributed by atoms with Crippen molar-refractivity contribution in [3.05, 3.63) is 35.3 Å². The summed E-state index contributed by atoms with van der Waals surface area (Å²) in [4.78, 5) is 16.2. The number of rotatable bonds is 2. The lowest BCUT2D eigenvalue weighted by Crippen LogP contribution is -2.32. The fraction of sp³-hybridized carbons (Fsp3) is 0.562. The minimum atomic E-state index is -0.146. The number of hydrogen-bond donors (Lipinski definition) is 0. The summed E-state index contributed by atoms with van der Waals surface area (Å²) in [5.74, 6) is 0.969. The zero-order valence-electron chi connectivity index (χ0n) is 12.4. The lowest BCUT2D eigenvalue weighted by atomic mass is 9.90. The Balaban J connectivity index is 1.90. The molecule has 2 unspecified atom stereocenters. The van der Waals surface area contributed by atoms with E-state index < -0.39 is 0 Å². The summed E-state index contributed by atoms with van der Waals surface area (Å²) < 4.78 is 5.55. The summed E-state index contributed by atoms with van der Waals surface area (Å²) in [7, 11) is 4.24. The largest absolute Gasteiger partial charge is 0.424 e. The van der Waals surface area contributed by atoms with E-state index in [9.17, 15) is 4.79 Å². The molecule has 3 aliphatic rings. The van der Waals surface area contributed by atoms with Crippen molar-refractivity contribution in [2.75, 3.05) is 27.2 Å². The number of likely N-dealkylation sites (N-methyl/N-ethyl adjacent to an activating group) is 1.